The number of hydrogen-bond donors (Lipinski definition) is 1. The summed E-state index contributed by atoms with van der Waals surface area (Å²) in [6.45, 7) is 4.00. The van der Waals surface area contributed by atoms with Crippen molar-refractivity contribution in [2.45, 2.75) is 65.2 Å². The van der Waals surface area contributed by atoms with Crippen molar-refractivity contribution < 1.29 is 9.90 Å². The van der Waals surface area contributed by atoms with Crippen molar-refractivity contribution in [1.29, 1.82) is 0 Å². The van der Waals surface area contributed by atoms with Gasteiger partial charge in [0.1, 0.15) is 0 Å². The molecule has 0 amide bonds. The molecule has 15 heavy (non-hydrogen) atoms. The van der Waals surface area contributed by atoms with E-state index < -0.39 is 11.4 Å². The summed E-state index contributed by atoms with van der Waals surface area (Å²) in [6, 6.07) is 0. The molecule has 1 N–H and O–H groups in total. The normalized spacial score (nSPS) is 22.3. The lowest BCUT2D eigenvalue weighted by molar-refractivity contribution is -0.149. The minimum Gasteiger partial charge on any atom is -0.481 e. The van der Waals surface area contributed by atoms with E-state index >= 15 is 0 Å². The molecule has 0 aliphatic heterocycles. The molecule has 0 aromatic heterocycles. The van der Waals surface area contributed by atoms with E-state index in [0.717, 1.165) is 19.3 Å². The molecule has 1 fully saturated rings. The van der Waals surface area contributed by atoms with Gasteiger partial charge in [-0.2, -0.15) is 0 Å². The molecule has 0 spiro atoms. The largest absolute Gasteiger partial charge is 0.481 e. The highest BCUT2D eigenvalue weighted by molar-refractivity contribution is 5.74. The smallest absolute Gasteiger partial charge is 0.309 e. The van der Waals surface area contributed by atoms with Crippen molar-refractivity contribution >= 4 is 5.97 Å². The van der Waals surface area contributed by atoms with Crippen molar-refractivity contribution in [3.63, 3.8) is 0 Å². The number of aliphatic carboxylic acids is 1. The van der Waals surface area contributed by atoms with Crippen LogP contribution in [-0.4, -0.2) is 11.1 Å². The molecule has 2 heteroatoms. The van der Waals surface area contributed by atoms with Gasteiger partial charge in [-0.05, 0) is 25.7 Å². The van der Waals surface area contributed by atoms with Crippen LogP contribution < -0.4 is 0 Å². The quantitative estimate of drug-likeness (QED) is 0.751. The molecule has 1 saturated carbocycles. The molecule has 0 heterocycles. The Balaban J connectivity index is 2.52. The predicted octanol–water partition coefficient (Wildman–Crippen LogP) is 3.85. The first-order chi connectivity index (χ1) is 7.08. The van der Waals surface area contributed by atoms with Crippen LogP contribution in [-0.2, 0) is 4.79 Å². The highest BCUT2D eigenvalue weighted by atomic mass is 16.4. The molecule has 88 valence electrons. The van der Waals surface area contributed by atoms with Crippen LogP contribution in [0.15, 0.2) is 0 Å². The molecule has 0 radical (unpaired) electrons. The van der Waals surface area contributed by atoms with Gasteiger partial charge in [-0.1, -0.05) is 45.4 Å². The second kappa shape index (κ2) is 5.53. The van der Waals surface area contributed by atoms with Gasteiger partial charge in [-0.15, -0.1) is 0 Å². The Hall–Kier alpha value is -0.530. The summed E-state index contributed by atoms with van der Waals surface area (Å²) in [5.74, 6) is 0.0568. The maximum Gasteiger partial charge on any atom is 0.309 e. The molecule has 1 aliphatic rings. The summed E-state index contributed by atoms with van der Waals surface area (Å²) in [4.78, 5) is 11.3. The predicted molar refractivity (Wildman–Crippen MR) is 61.8 cm³/mol. The van der Waals surface area contributed by atoms with Gasteiger partial charge in [-0.3, -0.25) is 4.79 Å². The highest BCUT2D eigenvalue weighted by Crippen LogP contribution is 2.37. The summed E-state index contributed by atoms with van der Waals surface area (Å²) in [7, 11) is 0. The van der Waals surface area contributed by atoms with Gasteiger partial charge in [0.15, 0.2) is 0 Å². The minimum absolute atomic E-state index is 0.475. The van der Waals surface area contributed by atoms with E-state index in [9.17, 15) is 9.90 Å². The Morgan fingerprint density at radius 2 is 1.93 bits per heavy atom. The van der Waals surface area contributed by atoms with Crippen LogP contribution >= 0.6 is 0 Å². The van der Waals surface area contributed by atoms with E-state index in [0.29, 0.717) is 5.92 Å². The lowest BCUT2D eigenvalue weighted by Gasteiger charge is -2.31. The van der Waals surface area contributed by atoms with Crippen molar-refractivity contribution in [2.75, 3.05) is 0 Å². The Bertz CT molecular complexity index is 207. The van der Waals surface area contributed by atoms with Gasteiger partial charge in [0.05, 0.1) is 5.41 Å². The average molecular weight is 212 g/mol. The molecular formula is C13H24O2. The molecular weight excluding hydrogens is 188 g/mol. The Morgan fingerprint density at radius 1 is 1.33 bits per heavy atom. The fourth-order valence-electron chi connectivity index (χ4n) is 2.88. The molecule has 1 aliphatic carbocycles. The summed E-state index contributed by atoms with van der Waals surface area (Å²) in [6.07, 6.45) is 9.09. The van der Waals surface area contributed by atoms with Gasteiger partial charge < -0.3 is 5.11 Å². The fraction of sp³-hybridized carbons (Fsp3) is 0.923. The Morgan fingerprint density at radius 3 is 2.40 bits per heavy atom. The third kappa shape index (κ3) is 3.51. The van der Waals surface area contributed by atoms with E-state index in [1.165, 1.54) is 32.1 Å². The van der Waals surface area contributed by atoms with Gasteiger partial charge in [0.2, 0.25) is 0 Å². The summed E-state index contributed by atoms with van der Waals surface area (Å²) in [5.41, 5.74) is -0.475. The van der Waals surface area contributed by atoms with Crippen LogP contribution in [0.25, 0.3) is 0 Å². The fourth-order valence-corrected chi connectivity index (χ4v) is 2.88. The summed E-state index contributed by atoms with van der Waals surface area (Å²) >= 11 is 0. The monoisotopic (exact) mass is 212 g/mol. The summed E-state index contributed by atoms with van der Waals surface area (Å²) in [5, 5.41) is 9.29. The van der Waals surface area contributed by atoms with Gasteiger partial charge in [0.25, 0.3) is 0 Å². The van der Waals surface area contributed by atoms with Crippen LogP contribution in [0.2, 0.25) is 0 Å². The first-order valence-electron chi connectivity index (χ1n) is 6.32. The van der Waals surface area contributed by atoms with Crippen molar-refractivity contribution in [1.82, 2.24) is 0 Å². The first kappa shape index (κ1) is 12.5. The van der Waals surface area contributed by atoms with E-state index in [-0.39, 0.29) is 0 Å². The van der Waals surface area contributed by atoms with E-state index in [4.69, 9.17) is 0 Å². The molecule has 0 aromatic carbocycles. The van der Waals surface area contributed by atoms with Crippen LogP contribution in [0.3, 0.4) is 0 Å². The van der Waals surface area contributed by atoms with Crippen LogP contribution in [0.5, 0.6) is 0 Å². The number of rotatable bonds is 5. The molecule has 1 unspecified atom stereocenters. The molecule has 0 bridgehead atoms. The van der Waals surface area contributed by atoms with Gasteiger partial charge in [-0.25, -0.2) is 0 Å². The Labute approximate surface area is 93.1 Å². The van der Waals surface area contributed by atoms with E-state index in [1.54, 1.807) is 0 Å². The van der Waals surface area contributed by atoms with Crippen LogP contribution in [0.1, 0.15) is 65.2 Å². The number of hydrogen-bond acceptors (Lipinski definition) is 1. The summed E-state index contributed by atoms with van der Waals surface area (Å²) < 4.78 is 0. The molecule has 1 atom stereocenters. The molecule has 0 aromatic rings. The van der Waals surface area contributed by atoms with E-state index in [2.05, 4.69) is 6.92 Å². The van der Waals surface area contributed by atoms with Crippen molar-refractivity contribution in [3.8, 4) is 0 Å². The standard InChI is InChI=1S/C13H24O2/c1-3-9-13(2,12(14)15)10-11-7-5-4-6-8-11/h11H,3-10H2,1-2H3,(H,14,15). The lowest BCUT2D eigenvalue weighted by Crippen LogP contribution is -2.30. The first-order valence-corrected chi connectivity index (χ1v) is 6.32. The van der Waals surface area contributed by atoms with Crippen LogP contribution in [0, 0.1) is 11.3 Å². The van der Waals surface area contributed by atoms with Gasteiger partial charge in [0, 0.05) is 0 Å². The van der Waals surface area contributed by atoms with Gasteiger partial charge >= 0.3 is 5.97 Å². The van der Waals surface area contributed by atoms with Crippen molar-refractivity contribution in [2.24, 2.45) is 11.3 Å². The number of carbonyl (C=O) groups is 1. The second-order valence-electron chi connectivity index (χ2n) is 5.32. The average Bonchev–Trinajstić information content (AvgIpc) is 2.19. The molecule has 0 saturated heterocycles. The maximum atomic E-state index is 11.3. The Kier molecular flexibility index (Phi) is 4.62. The minimum atomic E-state index is -0.602. The highest BCUT2D eigenvalue weighted by Gasteiger charge is 2.34. The molecule has 1 rings (SSSR count). The van der Waals surface area contributed by atoms with Crippen LogP contribution in [0.4, 0.5) is 0 Å². The maximum absolute atomic E-state index is 11.3. The zero-order chi connectivity index (χ0) is 11.3. The zero-order valence-electron chi connectivity index (χ0n) is 10.1. The lowest BCUT2D eigenvalue weighted by atomic mass is 9.73. The zero-order valence-corrected chi connectivity index (χ0v) is 10.1. The topological polar surface area (TPSA) is 37.3 Å². The molecule has 2 nitrogen and oxygen atoms in total. The van der Waals surface area contributed by atoms with E-state index in [1.807, 2.05) is 6.92 Å². The number of carboxylic acids is 1. The number of carboxylic acid groups (broad SMARTS) is 1. The van der Waals surface area contributed by atoms with Crippen molar-refractivity contribution in [3.05, 3.63) is 0 Å². The third-order valence-electron chi connectivity index (χ3n) is 3.78. The SMILES string of the molecule is CCCC(C)(CC1CCCCC1)C(=O)O. The third-order valence-corrected chi connectivity index (χ3v) is 3.78. The second-order valence-corrected chi connectivity index (χ2v) is 5.32.